The van der Waals surface area contributed by atoms with E-state index in [1.54, 1.807) is 0 Å². The summed E-state index contributed by atoms with van der Waals surface area (Å²) in [4.78, 5) is 4.95. The molecule has 5 aromatic rings. The molecule has 2 heterocycles. The standard InChI is InChI=1S/C23H18BrN5/c1-15(16-8-3-2-4-9-16)25-22-19-12-5-6-13-20(19)29-23(26-22)21(27-28-29)17-10-7-11-18(24)14-17/h2-15H,1H3,(H,25,26)/t15-/m0/s1. The van der Waals surface area contributed by atoms with Crippen LogP contribution in [0.5, 0.6) is 0 Å². The zero-order valence-corrected chi connectivity index (χ0v) is 17.3. The van der Waals surface area contributed by atoms with Crippen LogP contribution in [-0.2, 0) is 0 Å². The van der Waals surface area contributed by atoms with E-state index in [1.807, 2.05) is 53.0 Å². The number of hydrogen-bond donors (Lipinski definition) is 1. The van der Waals surface area contributed by atoms with Crippen LogP contribution in [0.3, 0.4) is 0 Å². The van der Waals surface area contributed by atoms with Gasteiger partial charge in [0.25, 0.3) is 0 Å². The molecule has 0 aliphatic carbocycles. The van der Waals surface area contributed by atoms with E-state index in [0.29, 0.717) is 0 Å². The van der Waals surface area contributed by atoms with Gasteiger partial charge in [-0.1, -0.05) is 75.7 Å². The first-order valence-corrected chi connectivity index (χ1v) is 10.2. The predicted octanol–water partition coefficient (Wildman–Crippen LogP) is 5.88. The molecule has 2 aromatic heterocycles. The van der Waals surface area contributed by atoms with E-state index in [1.165, 1.54) is 5.56 Å². The summed E-state index contributed by atoms with van der Waals surface area (Å²) >= 11 is 3.54. The number of para-hydroxylation sites is 1. The van der Waals surface area contributed by atoms with Crippen LogP contribution < -0.4 is 5.32 Å². The third-order valence-corrected chi connectivity index (χ3v) is 5.50. The van der Waals surface area contributed by atoms with Crippen LogP contribution in [-0.4, -0.2) is 19.8 Å². The van der Waals surface area contributed by atoms with Crippen molar-refractivity contribution in [2.75, 3.05) is 5.32 Å². The average molecular weight is 444 g/mol. The minimum atomic E-state index is 0.111. The number of hydrogen-bond acceptors (Lipinski definition) is 4. The Bertz CT molecular complexity index is 1310. The summed E-state index contributed by atoms with van der Waals surface area (Å²) in [6.45, 7) is 2.14. The van der Waals surface area contributed by atoms with Crippen LogP contribution in [0.4, 0.5) is 5.82 Å². The summed E-state index contributed by atoms with van der Waals surface area (Å²) in [5.41, 5.74) is 4.63. The van der Waals surface area contributed by atoms with Gasteiger partial charge in [0.2, 0.25) is 0 Å². The lowest BCUT2D eigenvalue weighted by molar-refractivity contribution is 0.862. The molecular formula is C23H18BrN5. The third-order valence-electron chi connectivity index (χ3n) is 5.00. The van der Waals surface area contributed by atoms with E-state index < -0.39 is 0 Å². The molecule has 0 spiro atoms. The topological polar surface area (TPSA) is 55.1 Å². The van der Waals surface area contributed by atoms with E-state index in [-0.39, 0.29) is 6.04 Å². The molecule has 5 rings (SSSR count). The van der Waals surface area contributed by atoms with Gasteiger partial charge in [0.05, 0.1) is 5.52 Å². The van der Waals surface area contributed by atoms with Crippen LogP contribution in [0, 0.1) is 0 Å². The Balaban J connectivity index is 1.69. The van der Waals surface area contributed by atoms with Crippen LogP contribution in [0.25, 0.3) is 27.8 Å². The summed E-state index contributed by atoms with van der Waals surface area (Å²) in [5, 5.41) is 13.4. The summed E-state index contributed by atoms with van der Waals surface area (Å²) in [5.74, 6) is 0.822. The van der Waals surface area contributed by atoms with Gasteiger partial charge in [-0.2, -0.15) is 4.52 Å². The van der Waals surface area contributed by atoms with Crippen molar-refractivity contribution >= 4 is 38.3 Å². The molecule has 0 amide bonds. The van der Waals surface area contributed by atoms with Gasteiger partial charge < -0.3 is 5.32 Å². The third kappa shape index (κ3) is 3.25. The maximum absolute atomic E-state index is 4.95. The molecule has 0 unspecified atom stereocenters. The van der Waals surface area contributed by atoms with Crippen molar-refractivity contribution in [2.45, 2.75) is 13.0 Å². The molecule has 6 heteroatoms. The largest absolute Gasteiger partial charge is 0.363 e. The van der Waals surface area contributed by atoms with Crippen LogP contribution in [0.15, 0.2) is 83.3 Å². The highest BCUT2D eigenvalue weighted by Gasteiger charge is 2.17. The molecule has 0 saturated carbocycles. The van der Waals surface area contributed by atoms with Gasteiger partial charge in [0.1, 0.15) is 11.5 Å². The molecule has 0 radical (unpaired) electrons. The van der Waals surface area contributed by atoms with Crippen molar-refractivity contribution in [1.82, 2.24) is 19.8 Å². The Morgan fingerprint density at radius 3 is 2.55 bits per heavy atom. The highest BCUT2D eigenvalue weighted by atomic mass is 79.9. The van der Waals surface area contributed by atoms with E-state index in [2.05, 4.69) is 68.8 Å². The Morgan fingerprint density at radius 1 is 0.931 bits per heavy atom. The Hall–Kier alpha value is -3.25. The Labute approximate surface area is 176 Å². The van der Waals surface area contributed by atoms with Crippen molar-refractivity contribution in [3.63, 3.8) is 0 Å². The molecule has 0 saturated heterocycles. The first-order valence-electron chi connectivity index (χ1n) is 9.42. The molecule has 0 fully saturated rings. The first kappa shape index (κ1) is 17.8. The fraction of sp³-hybridized carbons (Fsp3) is 0.0870. The molecule has 142 valence electrons. The molecule has 1 N–H and O–H groups in total. The van der Waals surface area contributed by atoms with Crippen molar-refractivity contribution in [3.05, 3.63) is 88.9 Å². The molecule has 0 bridgehead atoms. The fourth-order valence-corrected chi connectivity index (χ4v) is 3.93. The van der Waals surface area contributed by atoms with Crippen molar-refractivity contribution in [1.29, 1.82) is 0 Å². The second-order valence-corrected chi connectivity index (χ2v) is 7.85. The Kier molecular flexibility index (Phi) is 4.48. The Morgan fingerprint density at radius 2 is 1.72 bits per heavy atom. The van der Waals surface area contributed by atoms with Crippen molar-refractivity contribution in [3.8, 4) is 11.3 Å². The first-order chi connectivity index (χ1) is 14.2. The number of fused-ring (bicyclic) bond motifs is 3. The zero-order valence-electron chi connectivity index (χ0n) is 15.7. The highest BCUT2D eigenvalue weighted by molar-refractivity contribution is 9.10. The van der Waals surface area contributed by atoms with E-state index in [4.69, 9.17) is 4.98 Å². The maximum Gasteiger partial charge on any atom is 0.186 e. The number of anilines is 1. The lowest BCUT2D eigenvalue weighted by Gasteiger charge is -2.17. The summed E-state index contributed by atoms with van der Waals surface area (Å²) in [7, 11) is 0. The van der Waals surface area contributed by atoms with Gasteiger partial charge in [0.15, 0.2) is 5.65 Å². The summed E-state index contributed by atoms with van der Waals surface area (Å²) < 4.78 is 2.80. The van der Waals surface area contributed by atoms with Gasteiger partial charge in [-0.15, -0.1) is 5.10 Å². The second-order valence-electron chi connectivity index (χ2n) is 6.94. The summed E-state index contributed by atoms with van der Waals surface area (Å²) in [6.07, 6.45) is 0. The molecule has 0 aliphatic heterocycles. The molecule has 3 aromatic carbocycles. The molecule has 5 nitrogen and oxygen atoms in total. The van der Waals surface area contributed by atoms with Crippen LogP contribution >= 0.6 is 15.9 Å². The van der Waals surface area contributed by atoms with Gasteiger partial charge >= 0.3 is 0 Å². The molecule has 29 heavy (non-hydrogen) atoms. The minimum Gasteiger partial charge on any atom is -0.363 e. The molecular weight excluding hydrogens is 426 g/mol. The monoisotopic (exact) mass is 443 g/mol. The van der Waals surface area contributed by atoms with Gasteiger partial charge in [0, 0.05) is 21.5 Å². The normalized spacial score (nSPS) is 12.3. The maximum atomic E-state index is 4.95. The van der Waals surface area contributed by atoms with Gasteiger partial charge in [-0.05, 0) is 36.8 Å². The molecule has 0 aliphatic rings. The number of benzene rings is 3. The lowest BCUT2D eigenvalue weighted by atomic mass is 10.1. The van der Waals surface area contributed by atoms with Gasteiger partial charge in [-0.25, -0.2) is 4.98 Å². The van der Waals surface area contributed by atoms with Crippen LogP contribution in [0.2, 0.25) is 0 Å². The fourth-order valence-electron chi connectivity index (χ4n) is 3.53. The smallest absolute Gasteiger partial charge is 0.186 e. The quantitative estimate of drug-likeness (QED) is 0.376. The van der Waals surface area contributed by atoms with Crippen molar-refractivity contribution < 1.29 is 0 Å². The highest BCUT2D eigenvalue weighted by Crippen LogP contribution is 2.30. The van der Waals surface area contributed by atoms with Crippen molar-refractivity contribution in [2.24, 2.45) is 0 Å². The average Bonchev–Trinajstić information content (AvgIpc) is 3.18. The minimum absolute atomic E-state index is 0.111. The van der Waals surface area contributed by atoms with E-state index in [9.17, 15) is 0 Å². The second kappa shape index (κ2) is 7.29. The van der Waals surface area contributed by atoms with E-state index >= 15 is 0 Å². The predicted molar refractivity (Wildman–Crippen MR) is 120 cm³/mol. The SMILES string of the molecule is C[C@H](Nc1nc2c(-c3cccc(Br)c3)nnn2c2ccccc12)c1ccccc1. The number of rotatable bonds is 4. The summed E-state index contributed by atoms with van der Waals surface area (Å²) in [6, 6.07) is 26.6. The number of nitrogens with one attached hydrogen (secondary N) is 1. The zero-order chi connectivity index (χ0) is 19.8. The van der Waals surface area contributed by atoms with E-state index in [0.717, 1.165) is 38.1 Å². The lowest BCUT2D eigenvalue weighted by Crippen LogP contribution is -2.09. The molecule has 1 atom stereocenters. The number of halogens is 1. The van der Waals surface area contributed by atoms with Crippen LogP contribution in [0.1, 0.15) is 18.5 Å². The number of nitrogens with zero attached hydrogens (tertiary/aromatic N) is 4. The number of aromatic nitrogens is 4. The van der Waals surface area contributed by atoms with Gasteiger partial charge in [-0.3, -0.25) is 0 Å².